The van der Waals surface area contributed by atoms with Crippen LogP contribution in [0.25, 0.3) is 22.3 Å². The summed E-state index contributed by atoms with van der Waals surface area (Å²) in [4.78, 5) is 22.0. The highest BCUT2D eigenvalue weighted by atomic mass is 32.2. The van der Waals surface area contributed by atoms with Gasteiger partial charge in [-0.1, -0.05) is 18.2 Å². The van der Waals surface area contributed by atoms with E-state index >= 15 is 8.78 Å². The molecule has 0 amide bonds. The summed E-state index contributed by atoms with van der Waals surface area (Å²) in [6, 6.07) is 11.3. The molecule has 3 aromatic carbocycles. The zero-order valence-corrected chi connectivity index (χ0v) is 22.4. The number of halogens is 3. The van der Waals surface area contributed by atoms with E-state index in [9.17, 15) is 9.18 Å². The molecule has 1 aliphatic heterocycles. The Morgan fingerprint density at radius 1 is 1.18 bits per heavy atom. The third-order valence-electron chi connectivity index (χ3n) is 7.44. The molecule has 0 radical (unpaired) electrons. The summed E-state index contributed by atoms with van der Waals surface area (Å²) < 4.78 is 56.6. The Bertz CT molecular complexity index is 1770. The molecule has 1 aliphatic rings. The number of hydrogen-bond acceptors (Lipinski definition) is 5. The number of nitrogens with one attached hydrogen (secondary N) is 2. The van der Waals surface area contributed by atoms with Gasteiger partial charge in [-0.15, -0.1) is 11.8 Å². The third kappa shape index (κ3) is 4.14. The average Bonchev–Trinajstić information content (AvgIpc) is 3.65. The molecule has 6 nitrogen and oxygen atoms in total. The van der Waals surface area contributed by atoms with E-state index in [0.29, 0.717) is 29.1 Å². The Hall–Kier alpha value is -4.18. The standard InChI is InChI=1S/C30H24F3N3O3S/c1-30(10-13-38-26-16(9-12-37)4-3-5-20(26)30)22-15-35-29(36-22)19-14-17(6-7-21(19)31)39-27-24(33)23(32)25-18(8-11-34-25)28(27)40-2/h3-8,11-12,14-15,34H,9-10,13H2,1-2H3,(H,35,36). The highest BCUT2D eigenvalue weighted by molar-refractivity contribution is 7.99. The van der Waals surface area contributed by atoms with Crippen LogP contribution in [0.2, 0.25) is 0 Å². The van der Waals surface area contributed by atoms with Crippen molar-refractivity contribution >= 4 is 29.0 Å². The van der Waals surface area contributed by atoms with Gasteiger partial charge >= 0.3 is 0 Å². The molecule has 204 valence electrons. The molecule has 6 rings (SSSR count). The van der Waals surface area contributed by atoms with Crippen molar-refractivity contribution in [2.24, 2.45) is 0 Å². The fourth-order valence-electron chi connectivity index (χ4n) is 5.28. The fourth-order valence-corrected chi connectivity index (χ4v) is 5.99. The van der Waals surface area contributed by atoms with Crippen LogP contribution in [0.4, 0.5) is 13.2 Å². The molecule has 0 fully saturated rings. The largest absolute Gasteiger partial charge is 0.493 e. The van der Waals surface area contributed by atoms with E-state index in [4.69, 9.17) is 9.47 Å². The SMILES string of the molecule is CSc1c(Oc2ccc(F)c(-c3ncc(C4(C)CCOc5c(CC=O)cccc54)[nH]3)c2)c(F)c(F)c2[nH]ccc12. The average molecular weight is 564 g/mol. The van der Waals surface area contributed by atoms with Crippen LogP contribution in [0.5, 0.6) is 17.2 Å². The lowest BCUT2D eigenvalue weighted by Gasteiger charge is -2.35. The van der Waals surface area contributed by atoms with E-state index in [1.807, 2.05) is 25.1 Å². The van der Waals surface area contributed by atoms with Gasteiger partial charge in [0.2, 0.25) is 5.82 Å². The van der Waals surface area contributed by atoms with Crippen LogP contribution in [0.1, 0.15) is 30.2 Å². The van der Waals surface area contributed by atoms with Gasteiger partial charge in [-0.3, -0.25) is 0 Å². The first-order valence-corrected chi connectivity index (χ1v) is 13.8. The lowest BCUT2D eigenvalue weighted by Crippen LogP contribution is -2.32. The van der Waals surface area contributed by atoms with Crippen LogP contribution in [-0.4, -0.2) is 34.1 Å². The van der Waals surface area contributed by atoms with Gasteiger partial charge in [0, 0.05) is 46.4 Å². The van der Waals surface area contributed by atoms with Crippen LogP contribution >= 0.6 is 11.8 Å². The van der Waals surface area contributed by atoms with Crippen LogP contribution in [-0.2, 0) is 16.6 Å². The lowest BCUT2D eigenvalue weighted by molar-refractivity contribution is -0.107. The second-order valence-electron chi connectivity index (χ2n) is 9.74. The van der Waals surface area contributed by atoms with Crippen molar-refractivity contribution in [2.75, 3.05) is 12.9 Å². The predicted octanol–water partition coefficient (Wildman–Crippen LogP) is 7.32. The number of nitrogens with zero attached hydrogens (tertiary/aromatic N) is 1. The maximum absolute atomic E-state index is 15.1. The molecule has 0 saturated heterocycles. The maximum atomic E-state index is 15.1. The van der Waals surface area contributed by atoms with Crippen LogP contribution < -0.4 is 9.47 Å². The third-order valence-corrected chi connectivity index (χ3v) is 8.25. The maximum Gasteiger partial charge on any atom is 0.204 e. The minimum atomic E-state index is -1.13. The highest BCUT2D eigenvalue weighted by Gasteiger charge is 2.37. The van der Waals surface area contributed by atoms with Gasteiger partial charge in [0.15, 0.2) is 11.6 Å². The van der Waals surface area contributed by atoms with Crippen molar-refractivity contribution in [2.45, 2.75) is 30.1 Å². The fraction of sp³-hybridized carbons (Fsp3) is 0.200. The summed E-state index contributed by atoms with van der Waals surface area (Å²) in [5, 5.41) is 0.487. The Morgan fingerprint density at radius 2 is 2.02 bits per heavy atom. The first-order valence-electron chi connectivity index (χ1n) is 12.6. The lowest BCUT2D eigenvalue weighted by atomic mass is 9.74. The summed E-state index contributed by atoms with van der Waals surface area (Å²) >= 11 is 1.22. The van der Waals surface area contributed by atoms with Gasteiger partial charge in [0.05, 0.1) is 22.6 Å². The number of rotatable bonds is 7. The van der Waals surface area contributed by atoms with Gasteiger partial charge in [-0.05, 0) is 43.9 Å². The van der Waals surface area contributed by atoms with Crippen molar-refractivity contribution in [3.05, 3.63) is 89.1 Å². The van der Waals surface area contributed by atoms with Crippen molar-refractivity contribution in [1.29, 1.82) is 0 Å². The van der Waals surface area contributed by atoms with Gasteiger partial charge in [0.1, 0.15) is 29.4 Å². The molecular weight excluding hydrogens is 539 g/mol. The number of hydrogen-bond donors (Lipinski definition) is 2. The van der Waals surface area contributed by atoms with E-state index in [1.54, 1.807) is 18.5 Å². The molecule has 3 heterocycles. The smallest absolute Gasteiger partial charge is 0.204 e. The first kappa shape index (κ1) is 26.1. The quantitative estimate of drug-likeness (QED) is 0.160. The molecule has 1 unspecified atom stereocenters. The Balaban J connectivity index is 1.37. The molecule has 40 heavy (non-hydrogen) atoms. The molecule has 0 aliphatic carbocycles. The van der Waals surface area contributed by atoms with Gasteiger partial charge in [-0.2, -0.15) is 4.39 Å². The predicted molar refractivity (Wildman–Crippen MR) is 147 cm³/mol. The Morgan fingerprint density at radius 3 is 2.83 bits per heavy atom. The number of aldehydes is 1. The number of fused-ring (bicyclic) bond motifs is 2. The first-order chi connectivity index (χ1) is 19.4. The number of para-hydroxylation sites is 1. The van der Waals surface area contributed by atoms with E-state index in [1.165, 1.54) is 36.2 Å². The molecule has 2 aromatic heterocycles. The normalized spacial score (nSPS) is 16.5. The van der Waals surface area contributed by atoms with Crippen molar-refractivity contribution in [3.8, 4) is 28.6 Å². The summed E-state index contributed by atoms with van der Waals surface area (Å²) in [5.41, 5.74) is 2.11. The summed E-state index contributed by atoms with van der Waals surface area (Å²) in [5.74, 6) is -1.95. The van der Waals surface area contributed by atoms with E-state index in [0.717, 1.165) is 23.1 Å². The molecule has 10 heteroatoms. The highest BCUT2D eigenvalue weighted by Crippen LogP contribution is 2.45. The topological polar surface area (TPSA) is 80.0 Å². The minimum absolute atomic E-state index is 0.0542. The number of H-pyrrole nitrogens is 2. The summed E-state index contributed by atoms with van der Waals surface area (Å²) in [7, 11) is 0. The summed E-state index contributed by atoms with van der Waals surface area (Å²) in [6.07, 6.45) is 6.65. The van der Waals surface area contributed by atoms with Crippen molar-refractivity contribution < 1.29 is 27.4 Å². The molecule has 1 atom stereocenters. The molecule has 5 aromatic rings. The number of carbonyl (C=O) groups is 1. The Labute approximate surface area is 231 Å². The second-order valence-corrected chi connectivity index (χ2v) is 10.6. The van der Waals surface area contributed by atoms with Crippen molar-refractivity contribution in [1.82, 2.24) is 15.0 Å². The number of aromatic amines is 2. The van der Waals surface area contributed by atoms with Gasteiger partial charge < -0.3 is 24.2 Å². The van der Waals surface area contributed by atoms with Crippen LogP contribution in [0.15, 0.2) is 59.8 Å². The number of ether oxygens (including phenoxy) is 2. The number of imidazole rings is 1. The van der Waals surface area contributed by atoms with Crippen molar-refractivity contribution in [3.63, 3.8) is 0 Å². The van der Waals surface area contributed by atoms with E-state index in [2.05, 4.69) is 15.0 Å². The number of aromatic nitrogens is 3. The molecule has 0 spiro atoms. The van der Waals surface area contributed by atoms with E-state index in [-0.39, 0.29) is 34.8 Å². The minimum Gasteiger partial charge on any atom is -0.493 e. The zero-order chi connectivity index (χ0) is 28.0. The zero-order valence-electron chi connectivity index (χ0n) is 21.6. The molecular formula is C30H24F3N3O3S. The molecule has 0 saturated carbocycles. The van der Waals surface area contributed by atoms with Gasteiger partial charge in [0.25, 0.3) is 0 Å². The molecule has 2 N–H and O–H groups in total. The number of carbonyl (C=O) groups excluding carboxylic acids is 1. The van der Waals surface area contributed by atoms with E-state index < -0.39 is 22.9 Å². The second kappa shape index (κ2) is 10.1. The number of benzene rings is 3. The van der Waals surface area contributed by atoms with Crippen LogP contribution in [0.3, 0.4) is 0 Å². The monoisotopic (exact) mass is 563 g/mol. The number of thioether (sulfide) groups is 1. The molecule has 0 bridgehead atoms. The Kier molecular flexibility index (Phi) is 6.58. The van der Waals surface area contributed by atoms with Crippen LogP contribution in [0, 0.1) is 17.5 Å². The summed E-state index contributed by atoms with van der Waals surface area (Å²) in [6.45, 7) is 2.49. The van der Waals surface area contributed by atoms with Gasteiger partial charge in [-0.25, -0.2) is 13.8 Å².